The number of hydrogen-bond acceptors (Lipinski definition) is 2. The molecule has 4 nitrogen and oxygen atoms in total. The lowest BCUT2D eigenvalue weighted by atomic mass is 9.52. The fourth-order valence-electron chi connectivity index (χ4n) is 5.63. The fraction of sp³-hybridized carbons (Fsp3) is 0.824. The van der Waals surface area contributed by atoms with E-state index < -0.39 is 5.60 Å². The summed E-state index contributed by atoms with van der Waals surface area (Å²) in [6.07, 6.45) is 8.15. The van der Waals surface area contributed by atoms with E-state index in [1.165, 1.54) is 12.8 Å². The van der Waals surface area contributed by atoms with Crippen molar-refractivity contribution in [1.82, 2.24) is 9.55 Å². The van der Waals surface area contributed by atoms with Crippen LogP contribution in [0.5, 0.6) is 0 Å². The maximum absolute atomic E-state index is 12.4. The molecule has 0 spiro atoms. The Morgan fingerprint density at radius 3 is 2.57 bits per heavy atom. The monoisotopic (exact) mass is 290 g/mol. The molecule has 21 heavy (non-hydrogen) atoms. The van der Waals surface area contributed by atoms with Gasteiger partial charge in [0, 0.05) is 17.9 Å². The van der Waals surface area contributed by atoms with Crippen molar-refractivity contribution in [1.29, 1.82) is 0 Å². The van der Waals surface area contributed by atoms with Gasteiger partial charge in [0.2, 0.25) is 0 Å². The Morgan fingerprint density at radius 2 is 2.00 bits per heavy atom. The smallest absolute Gasteiger partial charge is 0.325 e. The minimum absolute atomic E-state index is 0.0510. The Kier molecular flexibility index (Phi) is 2.91. The molecule has 1 aromatic rings. The predicted molar refractivity (Wildman–Crippen MR) is 81.1 cm³/mol. The quantitative estimate of drug-likeness (QED) is 0.898. The molecule has 1 aromatic heterocycles. The van der Waals surface area contributed by atoms with Gasteiger partial charge in [0.05, 0.1) is 5.60 Å². The molecule has 0 aliphatic heterocycles. The molecule has 0 saturated heterocycles. The first kappa shape index (κ1) is 13.6. The standard InChI is InChI=1S/C17H26N2O2/c1-10(2)3-14-9-19(16(20)18-14)15-12-4-11-5-13(15)8-17(21,6-11)7-12/h9-13,15,21H,3-8H2,1-2H3,(H,18,20). The van der Waals surface area contributed by atoms with E-state index in [0.717, 1.165) is 31.4 Å². The van der Waals surface area contributed by atoms with Gasteiger partial charge in [0.25, 0.3) is 0 Å². The van der Waals surface area contributed by atoms with Crippen LogP contribution in [0.25, 0.3) is 0 Å². The van der Waals surface area contributed by atoms with Crippen LogP contribution in [-0.2, 0) is 6.42 Å². The second-order valence-electron chi connectivity index (χ2n) is 8.27. The summed E-state index contributed by atoms with van der Waals surface area (Å²) in [7, 11) is 0. The Balaban J connectivity index is 1.65. The number of nitrogens with zero attached hydrogens (tertiary/aromatic N) is 1. The molecule has 0 radical (unpaired) electrons. The third-order valence-corrected chi connectivity index (χ3v) is 5.94. The van der Waals surface area contributed by atoms with Crippen molar-refractivity contribution in [2.75, 3.05) is 0 Å². The maximum Gasteiger partial charge on any atom is 0.325 e. The Morgan fingerprint density at radius 1 is 1.33 bits per heavy atom. The average Bonchev–Trinajstić information content (AvgIpc) is 2.66. The second kappa shape index (κ2) is 4.48. The lowest BCUT2D eigenvalue weighted by Gasteiger charge is -2.58. The molecule has 2 unspecified atom stereocenters. The average molecular weight is 290 g/mol. The molecule has 4 bridgehead atoms. The van der Waals surface area contributed by atoms with Crippen LogP contribution in [0.2, 0.25) is 0 Å². The summed E-state index contributed by atoms with van der Waals surface area (Å²) in [6, 6.07) is 0.312. The zero-order valence-corrected chi connectivity index (χ0v) is 13.0. The molecule has 4 saturated carbocycles. The van der Waals surface area contributed by atoms with Crippen LogP contribution in [0.1, 0.15) is 57.7 Å². The highest BCUT2D eigenvalue weighted by Gasteiger charge is 2.55. The second-order valence-corrected chi connectivity index (χ2v) is 8.27. The van der Waals surface area contributed by atoms with Crippen LogP contribution in [0, 0.1) is 23.7 Å². The van der Waals surface area contributed by atoms with Gasteiger partial charge in [-0.25, -0.2) is 4.79 Å². The van der Waals surface area contributed by atoms with E-state index in [1.54, 1.807) is 0 Å². The first-order chi connectivity index (χ1) is 9.93. The number of aliphatic hydroxyl groups is 1. The number of nitrogens with one attached hydrogen (secondary N) is 1. The summed E-state index contributed by atoms with van der Waals surface area (Å²) >= 11 is 0. The molecule has 4 aliphatic carbocycles. The van der Waals surface area contributed by atoms with E-state index in [9.17, 15) is 9.90 Å². The van der Waals surface area contributed by atoms with Crippen molar-refractivity contribution in [3.8, 4) is 0 Å². The summed E-state index contributed by atoms with van der Waals surface area (Å²) in [4.78, 5) is 15.4. The first-order valence-corrected chi connectivity index (χ1v) is 8.46. The third kappa shape index (κ3) is 2.19. The molecule has 0 aromatic carbocycles. The number of imidazole rings is 1. The highest BCUT2D eigenvalue weighted by molar-refractivity contribution is 5.10. The van der Waals surface area contributed by atoms with Crippen molar-refractivity contribution >= 4 is 0 Å². The van der Waals surface area contributed by atoms with Gasteiger partial charge in [-0.3, -0.25) is 4.57 Å². The van der Waals surface area contributed by atoms with Gasteiger partial charge in [0.15, 0.2) is 0 Å². The number of aromatic amines is 1. The zero-order chi connectivity index (χ0) is 14.8. The topological polar surface area (TPSA) is 58.0 Å². The van der Waals surface area contributed by atoms with Gasteiger partial charge in [-0.15, -0.1) is 0 Å². The molecule has 2 N–H and O–H groups in total. The third-order valence-electron chi connectivity index (χ3n) is 5.94. The molecule has 5 rings (SSSR count). The number of hydrogen-bond donors (Lipinski definition) is 2. The van der Waals surface area contributed by atoms with Crippen LogP contribution in [0.4, 0.5) is 0 Å². The van der Waals surface area contributed by atoms with Gasteiger partial charge in [-0.1, -0.05) is 13.8 Å². The minimum atomic E-state index is -0.423. The number of H-pyrrole nitrogens is 1. The van der Waals surface area contributed by atoms with Gasteiger partial charge in [-0.2, -0.15) is 0 Å². The summed E-state index contributed by atoms with van der Waals surface area (Å²) in [5.74, 6) is 2.22. The van der Waals surface area contributed by atoms with Crippen molar-refractivity contribution in [3.05, 3.63) is 22.4 Å². The molecular formula is C17H26N2O2. The first-order valence-electron chi connectivity index (χ1n) is 8.46. The molecule has 1 heterocycles. The highest BCUT2D eigenvalue weighted by atomic mass is 16.3. The SMILES string of the molecule is CC(C)Cc1cn(C2C3CC4CC2CC(O)(C4)C3)c(=O)[nH]1. The summed E-state index contributed by atoms with van der Waals surface area (Å²) in [5, 5.41) is 10.7. The van der Waals surface area contributed by atoms with E-state index in [0.29, 0.717) is 29.7 Å². The van der Waals surface area contributed by atoms with Crippen molar-refractivity contribution < 1.29 is 5.11 Å². The van der Waals surface area contributed by atoms with E-state index in [2.05, 4.69) is 25.0 Å². The number of aromatic nitrogens is 2. The van der Waals surface area contributed by atoms with Gasteiger partial charge in [-0.05, 0) is 62.2 Å². The maximum atomic E-state index is 12.4. The largest absolute Gasteiger partial charge is 0.390 e. The molecule has 116 valence electrons. The van der Waals surface area contributed by atoms with Crippen LogP contribution < -0.4 is 5.69 Å². The Bertz CT molecular complexity index is 584. The molecule has 4 heteroatoms. The predicted octanol–water partition coefficient (Wildman–Crippen LogP) is 2.49. The fourth-order valence-corrected chi connectivity index (χ4v) is 5.63. The van der Waals surface area contributed by atoms with Crippen molar-refractivity contribution in [2.45, 2.75) is 64.0 Å². The van der Waals surface area contributed by atoms with Crippen LogP contribution >= 0.6 is 0 Å². The molecule has 4 fully saturated rings. The summed E-state index contributed by atoms with van der Waals surface area (Å²) < 4.78 is 1.97. The lowest BCUT2D eigenvalue weighted by Crippen LogP contribution is -2.55. The van der Waals surface area contributed by atoms with Gasteiger partial charge in [0.1, 0.15) is 0 Å². The zero-order valence-electron chi connectivity index (χ0n) is 13.0. The summed E-state index contributed by atoms with van der Waals surface area (Å²) in [6.45, 7) is 4.35. The normalized spacial score (nSPS) is 41.1. The van der Waals surface area contributed by atoms with E-state index in [1.807, 2.05) is 4.57 Å². The molecule has 4 aliphatic rings. The molecular weight excluding hydrogens is 264 g/mol. The lowest BCUT2D eigenvalue weighted by molar-refractivity contribution is -0.147. The van der Waals surface area contributed by atoms with E-state index in [4.69, 9.17) is 0 Å². The van der Waals surface area contributed by atoms with Crippen LogP contribution in [0.3, 0.4) is 0 Å². The van der Waals surface area contributed by atoms with Crippen molar-refractivity contribution in [3.63, 3.8) is 0 Å². The number of rotatable bonds is 3. The summed E-state index contributed by atoms with van der Waals surface area (Å²) in [5.41, 5.74) is 0.686. The van der Waals surface area contributed by atoms with E-state index >= 15 is 0 Å². The minimum Gasteiger partial charge on any atom is -0.390 e. The Hall–Kier alpha value is -1.03. The van der Waals surface area contributed by atoms with Crippen LogP contribution in [0.15, 0.2) is 11.0 Å². The molecule has 0 amide bonds. The highest BCUT2D eigenvalue weighted by Crippen LogP contribution is 2.59. The Labute approximate surface area is 125 Å². The van der Waals surface area contributed by atoms with Crippen LogP contribution in [-0.4, -0.2) is 20.3 Å². The van der Waals surface area contributed by atoms with Crippen molar-refractivity contribution in [2.24, 2.45) is 23.7 Å². The van der Waals surface area contributed by atoms with E-state index in [-0.39, 0.29) is 5.69 Å². The molecule has 2 atom stereocenters. The van der Waals surface area contributed by atoms with Gasteiger partial charge < -0.3 is 10.1 Å². The van der Waals surface area contributed by atoms with Gasteiger partial charge >= 0.3 is 5.69 Å².